The van der Waals surface area contributed by atoms with Gasteiger partial charge in [-0.15, -0.1) is 4.83 Å². The quantitative estimate of drug-likeness (QED) is 0.255. The van der Waals surface area contributed by atoms with Crippen molar-refractivity contribution in [3.63, 3.8) is 0 Å². The molecule has 0 aliphatic rings. The van der Waals surface area contributed by atoms with Crippen LogP contribution in [0.15, 0.2) is 24.3 Å². The molecule has 0 spiro atoms. The Kier molecular flexibility index (Phi) is 5.86. The maximum absolute atomic E-state index is 10.3. The van der Waals surface area contributed by atoms with E-state index in [0.717, 1.165) is 6.07 Å². The normalized spacial score (nSPS) is 10.3. The Bertz CT molecular complexity index is 477. The van der Waals surface area contributed by atoms with E-state index >= 15 is 0 Å². The molecule has 1 rings (SSSR count). The van der Waals surface area contributed by atoms with Crippen molar-refractivity contribution >= 4 is 21.7 Å². The molecule has 0 fully saturated rings. The number of hydrogen-bond acceptors (Lipinski definition) is 6. The average Bonchev–Trinajstić information content (AvgIpc) is 2.14. The SMILES string of the molecule is O=[N+]([O-])c1cccc(NNS(=O)(=O)[O-])c1.[Na+]. The molecule has 16 heavy (non-hydrogen) atoms. The van der Waals surface area contributed by atoms with Crippen LogP contribution in [0.1, 0.15) is 0 Å². The Morgan fingerprint density at radius 1 is 1.31 bits per heavy atom. The predicted molar refractivity (Wildman–Crippen MR) is 49.6 cm³/mol. The number of rotatable bonds is 4. The van der Waals surface area contributed by atoms with Gasteiger partial charge in [-0.1, -0.05) is 6.07 Å². The van der Waals surface area contributed by atoms with Crippen LogP contribution in [-0.2, 0) is 10.3 Å². The molecule has 0 unspecified atom stereocenters. The summed E-state index contributed by atoms with van der Waals surface area (Å²) in [7, 11) is -4.64. The van der Waals surface area contributed by atoms with Crippen LogP contribution in [0.4, 0.5) is 11.4 Å². The standard InChI is InChI=1S/C6H7N3O5S.Na/c10-9(11)6-3-1-2-5(4-6)7-8-15(12,13)14;/h1-4,7-8H,(H,12,13,14);/q;+1/p-1. The monoisotopic (exact) mass is 255 g/mol. The van der Waals surface area contributed by atoms with Gasteiger partial charge in [-0.3, -0.25) is 10.1 Å². The van der Waals surface area contributed by atoms with Gasteiger partial charge in [-0.25, -0.2) is 8.42 Å². The van der Waals surface area contributed by atoms with E-state index in [2.05, 4.69) is 0 Å². The number of benzene rings is 1. The summed E-state index contributed by atoms with van der Waals surface area (Å²) in [4.78, 5) is 11.1. The van der Waals surface area contributed by atoms with Crippen LogP contribution in [0.3, 0.4) is 0 Å². The molecule has 0 atom stereocenters. The van der Waals surface area contributed by atoms with Crippen LogP contribution in [0.5, 0.6) is 0 Å². The van der Waals surface area contributed by atoms with E-state index in [0.29, 0.717) is 0 Å². The molecule has 1 aromatic rings. The predicted octanol–water partition coefficient (Wildman–Crippen LogP) is -3.02. The zero-order valence-electron chi connectivity index (χ0n) is 8.21. The van der Waals surface area contributed by atoms with Crippen LogP contribution in [0.25, 0.3) is 0 Å². The zero-order chi connectivity index (χ0) is 11.5. The van der Waals surface area contributed by atoms with E-state index in [1.807, 2.05) is 5.43 Å². The van der Waals surface area contributed by atoms with Gasteiger partial charge >= 0.3 is 29.6 Å². The second-order valence-electron chi connectivity index (χ2n) is 2.49. The minimum Gasteiger partial charge on any atom is -0.734 e. The molecule has 0 saturated carbocycles. The van der Waals surface area contributed by atoms with Crippen molar-refractivity contribution < 1.29 is 47.5 Å². The Hall–Kier alpha value is -0.710. The fourth-order valence-corrected chi connectivity index (χ4v) is 1.06. The Balaban J connectivity index is 0.00000225. The van der Waals surface area contributed by atoms with E-state index in [9.17, 15) is 23.1 Å². The van der Waals surface area contributed by atoms with E-state index in [4.69, 9.17) is 0 Å². The third-order valence-electron chi connectivity index (χ3n) is 1.38. The van der Waals surface area contributed by atoms with Crippen molar-refractivity contribution in [2.75, 3.05) is 5.43 Å². The Labute approximate surface area is 113 Å². The van der Waals surface area contributed by atoms with Gasteiger partial charge in [0, 0.05) is 12.1 Å². The maximum Gasteiger partial charge on any atom is 1.00 e. The second kappa shape index (κ2) is 6.13. The summed E-state index contributed by atoms with van der Waals surface area (Å²) < 4.78 is 30.5. The number of nitrogens with one attached hydrogen (secondary N) is 2. The molecule has 0 aliphatic carbocycles. The second-order valence-corrected chi connectivity index (χ2v) is 3.60. The van der Waals surface area contributed by atoms with Gasteiger partial charge in [0.05, 0.1) is 10.6 Å². The van der Waals surface area contributed by atoms with E-state index < -0.39 is 15.2 Å². The van der Waals surface area contributed by atoms with Gasteiger partial charge < -0.3 is 9.98 Å². The number of hydrazine groups is 1. The number of nitrogens with zero attached hydrogens (tertiary/aromatic N) is 1. The van der Waals surface area contributed by atoms with Crippen molar-refractivity contribution in [3.8, 4) is 0 Å². The van der Waals surface area contributed by atoms with Gasteiger partial charge in [0.15, 0.2) is 10.3 Å². The maximum atomic E-state index is 10.3. The van der Waals surface area contributed by atoms with Crippen LogP contribution in [-0.4, -0.2) is 17.9 Å². The molecule has 8 nitrogen and oxygen atoms in total. The van der Waals surface area contributed by atoms with Gasteiger partial charge in [-0.2, -0.15) is 0 Å². The van der Waals surface area contributed by atoms with E-state index in [1.54, 1.807) is 0 Å². The average molecular weight is 255 g/mol. The van der Waals surface area contributed by atoms with Gasteiger partial charge in [-0.05, 0) is 6.07 Å². The largest absolute Gasteiger partial charge is 1.00 e. The van der Waals surface area contributed by atoms with Crippen LogP contribution in [0.2, 0.25) is 0 Å². The van der Waals surface area contributed by atoms with Crippen LogP contribution in [0, 0.1) is 10.1 Å². The Morgan fingerprint density at radius 2 is 1.94 bits per heavy atom. The number of hydrogen-bond donors (Lipinski definition) is 2. The molecule has 2 N–H and O–H groups in total. The summed E-state index contributed by atoms with van der Waals surface area (Å²) in [5.74, 6) is 0. The van der Waals surface area contributed by atoms with Gasteiger partial charge in [0.2, 0.25) is 0 Å². The zero-order valence-corrected chi connectivity index (χ0v) is 11.0. The van der Waals surface area contributed by atoms with Gasteiger partial charge in [0.1, 0.15) is 0 Å². The fourth-order valence-electron chi connectivity index (χ4n) is 0.819. The number of anilines is 1. The van der Waals surface area contributed by atoms with E-state index in [-0.39, 0.29) is 40.9 Å². The Morgan fingerprint density at radius 3 is 2.44 bits per heavy atom. The summed E-state index contributed by atoms with van der Waals surface area (Å²) in [6, 6.07) is 5.03. The summed E-state index contributed by atoms with van der Waals surface area (Å²) in [5.41, 5.74) is 1.91. The molecular weight excluding hydrogens is 249 g/mol. The van der Waals surface area contributed by atoms with E-state index in [1.165, 1.54) is 23.0 Å². The molecule has 0 amide bonds. The first-order valence-corrected chi connectivity index (χ1v) is 5.02. The van der Waals surface area contributed by atoms with Crippen LogP contribution >= 0.6 is 0 Å². The first-order valence-electron chi connectivity index (χ1n) is 3.61. The number of nitro groups is 1. The van der Waals surface area contributed by atoms with Crippen molar-refractivity contribution in [1.29, 1.82) is 0 Å². The third-order valence-corrected chi connectivity index (χ3v) is 1.73. The van der Waals surface area contributed by atoms with Crippen molar-refractivity contribution in [2.45, 2.75) is 0 Å². The number of nitro benzene ring substituents is 1. The van der Waals surface area contributed by atoms with Crippen molar-refractivity contribution in [1.82, 2.24) is 4.83 Å². The summed E-state index contributed by atoms with van der Waals surface area (Å²) in [6.45, 7) is 0. The van der Waals surface area contributed by atoms with Crippen LogP contribution < -0.4 is 39.8 Å². The summed E-state index contributed by atoms with van der Waals surface area (Å²) in [6.07, 6.45) is 0. The molecule has 0 radical (unpaired) electrons. The van der Waals surface area contributed by atoms with Crippen molar-refractivity contribution in [2.24, 2.45) is 0 Å². The van der Waals surface area contributed by atoms with Crippen molar-refractivity contribution in [3.05, 3.63) is 34.4 Å². The topological polar surface area (TPSA) is 124 Å². The van der Waals surface area contributed by atoms with Gasteiger partial charge in [0.25, 0.3) is 5.69 Å². The smallest absolute Gasteiger partial charge is 0.734 e. The molecule has 10 heteroatoms. The molecule has 0 aliphatic heterocycles. The minimum absolute atomic E-state index is 0. The first kappa shape index (κ1) is 15.3. The summed E-state index contributed by atoms with van der Waals surface area (Å²) >= 11 is 0. The molecule has 82 valence electrons. The molecule has 0 aromatic heterocycles. The first-order chi connectivity index (χ1) is 6.88. The number of non-ortho nitro benzene ring substituents is 1. The molecular formula is C6H6N3NaO5S. The third kappa shape index (κ3) is 5.39. The summed E-state index contributed by atoms with van der Waals surface area (Å²) in [5, 5.41) is 10.3. The molecule has 0 heterocycles. The molecule has 0 bridgehead atoms. The molecule has 1 aromatic carbocycles. The fraction of sp³-hybridized carbons (Fsp3) is 0. The molecule has 0 saturated heterocycles. The minimum atomic E-state index is -4.64.